The number of ether oxygens (including phenoxy) is 1. The molecule has 0 aliphatic rings. The number of carbonyl (C=O) groups excluding carboxylic acids is 1. The summed E-state index contributed by atoms with van der Waals surface area (Å²) in [7, 11) is 0. The molecule has 0 aliphatic heterocycles. The van der Waals surface area contributed by atoms with Gasteiger partial charge in [-0.05, 0) is 24.3 Å². The van der Waals surface area contributed by atoms with Crippen LogP contribution in [0.3, 0.4) is 0 Å². The van der Waals surface area contributed by atoms with Crippen molar-refractivity contribution in [2.24, 2.45) is 0 Å². The number of carbonyl (C=O) groups is 1. The molecule has 0 radical (unpaired) electrons. The normalized spacial score (nSPS) is 10.9. The van der Waals surface area contributed by atoms with Crippen molar-refractivity contribution in [2.45, 2.75) is 19.4 Å². The lowest BCUT2D eigenvalue weighted by Gasteiger charge is -2.06. The van der Waals surface area contributed by atoms with Gasteiger partial charge in [0.2, 0.25) is 0 Å². The second-order valence-electron chi connectivity index (χ2n) is 4.97. The molecule has 3 nitrogen and oxygen atoms in total. The molecule has 0 spiro atoms. The maximum atomic E-state index is 11.9. The Kier molecular flexibility index (Phi) is 5.16. The Balaban J connectivity index is 1.53. The van der Waals surface area contributed by atoms with Crippen molar-refractivity contribution in [3.05, 3.63) is 63.1 Å². The van der Waals surface area contributed by atoms with Gasteiger partial charge in [-0.3, -0.25) is 4.79 Å². The highest BCUT2D eigenvalue weighted by Gasteiger charge is 2.09. The molecule has 23 heavy (non-hydrogen) atoms. The highest BCUT2D eigenvalue weighted by molar-refractivity contribution is 7.18. The molecule has 0 aliphatic carbocycles. The molecule has 0 saturated heterocycles. The van der Waals surface area contributed by atoms with Gasteiger partial charge < -0.3 is 4.74 Å². The van der Waals surface area contributed by atoms with Crippen LogP contribution in [0.25, 0.3) is 10.2 Å². The number of rotatable bonds is 5. The number of halogens is 2. The molecular formula is C17H13Cl2NO2S. The Morgan fingerprint density at radius 3 is 2.78 bits per heavy atom. The Hall–Kier alpha value is -1.62. The van der Waals surface area contributed by atoms with Gasteiger partial charge in [0.05, 0.1) is 21.6 Å². The Morgan fingerprint density at radius 2 is 2.00 bits per heavy atom. The van der Waals surface area contributed by atoms with Crippen LogP contribution in [-0.2, 0) is 22.6 Å². The molecule has 0 N–H and O–H groups in total. The average Bonchev–Trinajstić information content (AvgIpc) is 2.95. The van der Waals surface area contributed by atoms with Gasteiger partial charge >= 0.3 is 5.97 Å². The topological polar surface area (TPSA) is 39.2 Å². The first-order valence-electron chi connectivity index (χ1n) is 7.06. The molecule has 0 bridgehead atoms. The standard InChI is InChI=1S/C17H13Cl2NO2S/c18-12-6-5-11(13(19)9-12)10-22-17(21)8-7-16-20-14-3-1-2-4-15(14)23-16/h1-6,9H,7-8,10H2. The lowest BCUT2D eigenvalue weighted by Crippen LogP contribution is -2.06. The zero-order valence-electron chi connectivity index (χ0n) is 12.1. The number of thiazole rings is 1. The summed E-state index contributed by atoms with van der Waals surface area (Å²) in [5.41, 5.74) is 1.71. The third-order valence-electron chi connectivity index (χ3n) is 3.28. The zero-order valence-corrected chi connectivity index (χ0v) is 14.4. The van der Waals surface area contributed by atoms with Gasteiger partial charge in [0.15, 0.2) is 0 Å². The molecule has 0 fully saturated rings. The van der Waals surface area contributed by atoms with Crippen LogP contribution in [0.1, 0.15) is 17.0 Å². The Bertz CT molecular complexity index is 814. The first-order chi connectivity index (χ1) is 11.1. The summed E-state index contributed by atoms with van der Waals surface area (Å²) in [6, 6.07) is 13.0. The van der Waals surface area contributed by atoms with E-state index in [2.05, 4.69) is 4.98 Å². The summed E-state index contributed by atoms with van der Waals surface area (Å²) in [5.74, 6) is -0.268. The molecule has 0 saturated carbocycles. The monoisotopic (exact) mass is 365 g/mol. The van der Waals surface area contributed by atoms with Crippen LogP contribution in [0, 0.1) is 0 Å². The van der Waals surface area contributed by atoms with E-state index in [0.717, 1.165) is 20.8 Å². The van der Waals surface area contributed by atoms with Crippen molar-refractivity contribution in [1.82, 2.24) is 4.98 Å². The molecule has 118 valence electrons. The predicted molar refractivity (Wildman–Crippen MR) is 94.2 cm³/mol. The average molecular weight is 366 g/mol. The van der Waals surface area contributed by atoms with Gasteiger partial charge in [-0.15, -0.1) is 11.3 Å². The minimum Gasteiger partial charge on any atom is -0.461 e. The van der Waals surface area contributed by atoms with Crippen LogP contribution in [0.5, 0.6) is 0 Å². The smallest absolute Gasteiger partial charge is 0.306 e. The number of hydrogen-bond donors (Lipinski definition) is 0. The molecule has 1 heterocycles. The summed E-state index contributed by atoms with van der Waals surface area (Å²) in [6.45, 7) is 0.148. The third-order valence-corrected chi connectivity index (χ3v) is 4.97. The maximum absolute atomic E-state index is 11.9. The van der Waals surface area contributed by atoms with Crippen LogP contribution in [0.2, 0.25) is 10.0 Å². The first-order valence-corrected chi connectivity index (χ1v) is 8.63. The lowest BCUT2D eigenvalue weighted by atomic mass is 10.2. The van der Waals surface area contributed by atoms with E-state index in [4.69, 9.17) is 27.9 Å². The molecule has 0 atom stereocenters. The van der Waals surface area contributed by atoms with Crippen LogP contribution < -0.4 is 0 Å². The van der Waals surface area contributed by atoms with Crippen LogP contribution in [-0.4, -0.2) is 11.0 Å². The van der Waals surface area contributed by atoms with E-state index < -0.39 is 0 Å². The van der Waals surface area contributed by atoms with E-state index >= 15 is 0 Å². The minimum absolute atomic E-state index is 0.148. The van der Waals surface area contributed by atoms with E-state index in [1.54, 1.807) is 29.5 Å². The van der Waals surface area contributed by atoms with Gasteiger partial charge in [0.1, 0.15) is 6.61 Å². The number of fused-ring (bicyclic) bond motifs is 1. The van der Waals surface area contributed by atoms with Crippen LogP contribution in [0.4, 0.5) is 0 Å². The number of esters is 1. The number of benzene rings is 2. The van der Waals surface area contributed by atoms with Crippen molar-refractivity contribution < 1.29 is 9.53 Å². The van der Waals surface area contributed by atoms with Crippen molar-refractivity contribution in [3.8, 4) is 0 Å². The number of aromatic nitrogens is 1. The predicted octanol–water partition coefficient (Wildman–Crippen LogP) is 5.28. The molecule has 6 heteroatoms. The molecular weight excluding hydrogens is 353 g/mol. The fourth-order valence-electron chi connectivity index (χ4n) is 2.11. The fourth-order valence-corrected chi connectivity index (χ4v) is 3.53. The largest absolute Gasteiger partial charge is 0.461 e. The Labute approximate surface area is 147 Å². The summed E-state index contributed by atoms with van der Waals surface area (Å²) < 4.78 is 6.38. The van der Waals surface area contributed by atoms with E-state index in [0.29, 0.717) is 22.9 Å². The SMILES string of the molecule is O=C(CCc1nc2ccccc2s1)OCc1ccc(Cl)cc1Cl. The Morgan fingerprint density at radius 1 is 1.17 bits per heavy atom. The summed E-state index contributed by atoms with van der Waals surface area (Å²) in [5, 5.41) is 1.99. The van der Waals surface area contributed by atoms with Crippen molar-refractivity contribution in [1.29, 1.82) is 0 Å². The number of para-hydroxylation sites is 1. The second kappa shape index (κ2) is 7.30. The molecule has 2 aromatic carbocycles. The maximum Gasteiger partial charge on any atom is 0.306 e. The first kappa shape index (κ1) is 16.2. The quantitative estimate of drug-likeness (QED) is 0.577. The number of nitrogens with zero attached hydrogens (tertiary/aromatic N) is 1. The molecule has 1 aromatic heterocycles. The minimum atomic E-state index is -0.268. The van der Waals surface area contributed by atoms with Crippen LogP contribution in [0.15, 0.2) is 42.5 Å². The summed E-state index contributed by atoms with van der Waals surface area (Å²) >= 11 is 13.5. The van der Waals surface area contributed by atoms with Crippen molar-refractivity contribution >= 4 is 50.7 Å². The van der Waals surface area contributed by atoms with Gasteiger partial charge in [-0.25, -0.2) is 4.98 Å². The number of hydrogen-bond acceptors (Lipinski definition) is 4. The molecule has 3 rings (SSSR count). The highest BCUT2D eigenvalue weighted by atomic mass is 35.5. The van der Waals surface area contributed by atoms with Crippen LogP contribution >= 0.6 is 34.5 Å². The number of aryl methyl sites for hydroxylation is 1. The highest BCUT2D eigenvalue weighted by Crippen LogP contribution is 2.23. The fraction of sp³-hybridized carbons (Fsp3) is 0.176. The lowest BCUT2D eigenvalue weighted by molar-refractivity contribution is -0.144. The van der Waals surface area contributed by atoms with E-state index in [9.17, 15) is 4.79 Å². The molecule has 0 unspecified atom stereocenters. The summed E-state index contributed by atoms with van der Waals surface area (Å²) in [6.07, 6.45) is 0.873. The van der Waals surface area contributed by atoms with Gasteiger partial charge in [-0.1, -0.05) is 41.4 Å². The van der Waals surface area contributed by atoms with Crippen molar-refractivity contribution in [2.75, 3.05) is 0 Å². The molecule has 0 amide bonds. The van der Waals surface area contributed by atoms with E-state index in [1.165, 1.54) is 0 Å². The van der Waals surface area contributed by atoms with E-state index in [1.807, 2.05) is 24.3 Å². The zero-order chi connectivity index (χ0) is 16.2. The van der Waals surface area contributed by atoms with Gasteiger partial charge in [0.25, 0.3) is 0 Å². The van der Waals surface area contributed by atoms with Crippen molar-refractivity contribution in [3.63, 3.8) is 0 Å². The summed E-state index contributed by atoms with van der Waals surface area (Å²) in [4.78, 5) is 16.4. The second-order valence-corrected chi connectivity index (χ2v) is 6.93. The third kappa shape index (κ3) is 4.22. The van der Waals surface area contributed by atoms with Gasteiger partial charge in [0, 0.05) is 22.0 Å². The van der Waals surface area contributed by atoms with Gasteiger partial charge in [-0.2, -0.15) is 0 Å². The van der Waals surface area contributed by atoms with E-state index in [-0.39, 0.29) is 12.6 Å². The molecule has 3 aromatic rings.